The van der Waals surface area contributed by atoms with Crippen LogP contribution in [0.1, 0.15) is 13.8 Å². The van der Waals surface area contributed by atoms with Gasteiger partial charge in [0, 0.05) is 25.2 Å². The van der Waals surface area contributed by atoms with Crippen molar-refractivity contribution >= 4 is 20.0 Å². The van der Waals surface area contributed by atoms with E-state index in [2.05, 4.69) is 0 Å². The van der Waals surface area contributed by atoms with Crippen molar-refractivity contribution in [3.63, 3.8) is 0 Å². The third kappa shape index (κ3) is 3.42. The molecule has 1 aliphatic rings. The summed E-state index contributed by atoms with van der Waals surface area (Å²) in [6.45, 7) is 3.70. The monoisotopic (exact) mass is 394 g/mol. The molecule has 1 aliphatic heterocycles. The average Bonchev–Trinajstić information content (AvgIpc) is 2.64. The Kier molecular flexibility index (Phi) is 5.21. The Hall–Kier alpha value is -1.74. The average molecular weight is 395 g/mol. The lowest BCUT2D eigenvalue weighted by molar-refractivity contribution is 0.164. The minimum absolute atomic E-state index is 0.116. The van der Waals surface area contributed by atoms with Crippen molar-refractivity contribution in [1.82, 2.24) is 8.61 Å². The van der Waals surface area contributed by atoms with Crippen LogP contribution in [-0.2, 0) is 20.0 Å². The normalized spacial score (nSPS) is 23.0. The highest BCUT2D eigenvalue weighted by molar-refractivity contribution is 7.89. The molecule has 0 N–H and O–H groups in total. The molecule has 0 radical (unpaired) electrons. The molecule has 140 valence electrons. The zero-order chi connectivity index (χ0) is 18.9. The van der Waals surface area contributed by atoms with Gasteiger partial charge in [0.15, 0.2) is 0 Å². The SMILES string of the molecule is C[C@H]1CN(S(=O)(=O)c2ccccc2)[C@@H](C)CN1S(=O)(=O)c1ccccc1. The van der Waals surface area contributed by atoms with E-state index in [1.165, 1.54) is 8.61 Å². The fourth-order valence-corrected chi connectivity index (χ4v) is 6.64. The van der Waals surface area contributed by atoms with Gasteiger partial charge in [0.2, 0.25) is 20.0 Å². The van der Waals surface area contributed by atoms with Crippen molar-refractivity contribution in [3.8, 4) is 0 Å². The molecular weight excluding hydrogens is 372 g/mol. The van der Waals surface area contributed by atoms with Crippen LogP contribution >= 0.6 is 0 Å². The van der Waals surface area contributed by atoms with Gasteiger partial charge in [0.05, 0.1) is 9.79 Å². The smallest absolute Gasteiger partial charge is 0.207 e. The zero-order valence-electron chi connectivity index (χ0n) is 14.7. The molecule has 2 atom stereocenters. The molecule has 0 bridgehead atoms. The maximum absolute atomic E-state index is 12.9. The summed E-state index contributed by atoms with van der Waals surface area (Å²) >= 11 is 0. The molecule has 3 rings (SSSR count). The minimum Gasteiger partial charge on any atom is -0.207 e. The Labute approximate surface area is 155 Å². The highest BCUT2D eigenvalue weighted by Crippen LogP contribution is 2.27. The summed E-state index contributed by atoms with van der Waals surface area (Å²) < 4.78 is 54.5. The van der Waals surface area contributed by atoms with Crippen molar-refractivity contribution in [2.45, 2.75) is 35.7 Å². The molecule has 0 unspecified atom stereocenters. The molecule has 26 heavy (non-hydrogen) atoms. The van der Waals surface area contributed by atoms with Crippen LogP contribution in [0.2, 0.25) is 0 Å². The van der Waals surface area contributed by atoms with Gasteiger partial charge in [-0.05, 0) is 38.1 Å². The quantitative estimate of drug-likeness (QED) is 0.796. The van der Waals surface area contributed by atoms with Gasteiger partial charge >= 0.3 is 0 Å². The first-order valence-electron chi connectivity index (χ1n) is 8.38. The largest absolute Gasteiger partial charge is 0.243 e. The van der Waals surface area contributed by atoms with Gasteiger partial charge in [-0.3, -0.25) is 0 Å². The third-order valence-electron chi connectivity index (χ3n) is 4.57. The van der Waals surface area contributed by atoms with Crippen LogP contribution in [0.15, 0.2) is 70.5 Å². The molecule has 1 saturated heterocycles. The van der Waals surface area contributed by atoms with Crippen molar-refractivity contribution in [2.24, 2.45) is 0 Å². The second-order valence-corrected chi connectivity index (χ2v) is 10.3. The van der Waals surface area contributed by atoms with E-state index in [-0.39, 0.29) is 22.9 Å². The van der Waals surface area contributed by atoms with Crippen LogP contribution in [-0.4, -0.2) is 50.6 Å². The van der Waals surface area contributed by atoms with Gasteiger partial charge in [-0.15, -0.1) is 0 Å². The first kappa shape index (κ1) is 19.0. The number of hydrogen-bond acceptors (Lipinski definition) is 4. The summed E-state index contributed by atoms with van der Waals surface area (Å²) in [6, 6.07) is 15.5. The van der Waals surface area contributed by atoms with Crippen LogP contribution in [0, 0.1) is 0 Å². The number of nitrogens with zero attached hydrogens (tertiary/aromatic N) is 2. The van der Waals surface area contributed by atoms with Crippen LogP contribution in [0.4, 0.5) is 0 Å². The van der Waals surface area contributed by atoms with E-state index in [9.17, 15) is 16.8 Å². The lowest BCUT2D eigenvalue weighted by Gasteiger charge is -2.42. The van der Waals surface area contributed by atoms with Crippen LogP contribution in [0.5, 0.6) is 0 Å². The maximum Gasteiger partial charge on any atom is 0.243 e. The third-order valence-corrected chi connectivity index (χ3v) is 8.56. The Balaban J connectivity index is 1.89. The maximum atomic E-state index is 12.9. The molecule has 0 aliphatic carbocycles. The van der Waals surface area contributed by atoms with Crippen molar-refractivity contribution < 1.29 is 16.8 Å². The van der Waals surface area contributed by atoms with E-state index in [4.69, 9.17) is 0 Å². The molecule has 8 heteroatoms. The summed E-state index contributed by atoms with van der Waals surface area (Å²) in [5.41, 5.74) is 0. The molecule has 2 aromatic carbocycles. The van der Waals surface area contributed by atoms with E-state index in [0.717, 1.165) is 0 Å². The van der Waals surface area contributed by atoms with Gasteiger partial charge in [0.25, 0.3) is 0 Å². The van der Waals surface area contributed by atoms with E-state index >= 15 is 0 Å². The lowest BCUT2D eigenvalue weighted by Crippen LogP contribution is -2.59. The molecule has 1 heterocycles. The fourth-order valence-electron chi connectivity index (χ4n) is 3.19. The summed E-state index contributed by atoms with van der Waals surface area (Å²) in [5, 5.41) is 0. The van der Waals surface area contributed by atoms with Crippen LogP contribution < -0.4 is 0 Å². The van der Waals surface area contributed by atoms with Gasteiger partial charge in [-0.2, -0.15) is 8.61 Å². The van der Waals surface area contributed by atoms with Crippen molar-refractivity contribution in [3.05, 3.63) is 60.7 Å². The lowest BCUT2D eigenvalue weighted by atomic mass is 10.2. The van der Waals surface area contributed by atoms with Crippen LogP contribution in [0.25, 0.3) is 0 Å². The first-order valence-corrected chi connectivity index (χ1v) is 11.3. The van der Waals surface area contributed by atoms with Crippen molar-refractivity contribution in [2.75, 3.05) is 13.1 Å². The summed E-state index contributed by atoms with van der Waals surface area (Å²) in [6.07, 6.45) is 0. The molecule has 0 amide bonds. The molecule has 1 fully saturated rings. The number of hydrogen-bond donors (Lipinski definition) is 0. The van der Waals surface area contributed by atoms with Gasteiger partial charge in [-0.1, -0.05) is 36.4 Å². The molecule has 2 aromatic rings. The first-order chi connectivity index (χ1) is 12.2. The highest BCUT2D eigenvalue weighted by atomic mass is 32.2. The summed E-state index contributed by atoms with van der Waals surface area (Å²) in [5.74, 6) is 0. The van der Waals surface area contributed by atoms with Gasteiger partial charge in [0.1, 0.15) is 0 Å². The van der Waals surface area contributed by atoms with Crippen LogP contribution in [0.3, 0.4) is 0 Å². The Bertz CT molecular complexity index is 879. The van der Waals surface area contributed by atoms with E-state index in [1.807, 2.05) is 0 Å². The van der Waals surface area contributed by atoms with E-state index in [1.54, 1.807) is 74.5 Å². The zero-order valence-corrected chi connectivity index (χ0v) is 16.3. The predicted molar refractivity (Wildman–Crippen MR) is 99.6 cm³/mol. The Morgan fingerprint density at radius 1 is 0.654 bits per heavy atom. The second kappa shape index (κ2) is 7.11. The number of piperazine rings is 1. The van der Waals surface area contributed by atoms with Gasteiger partial charge < -0.3 is 0 Å². The Morgan fingerprint density at radius 3 is 1.27 bits per heavy atom. The fraction of sp³-hybridized carbons (Fsp3) is 0.333. The molecular formula is C18H22N2O4S2. The highest BCUT2D eigenvalue weighted by Gasteiger charge is 2.41. The standard InChI is InChI=1S/C18H22N2O4S2/c1-15-13-20(26(23,24)18-11-7-4-8-12-18)16(2)14-19(15)25(21,22)17-9-5-3-6-10-17/h3-12,15-16H,13-14H2,1-2H3/t15-,16-/m0/s1. The predicted octanol–water partition coefficient (Wildman–Crippen LogP) is 2.16. The topological polar surface area (TPSA) is 74.8 Å². The summed E-state index contributed by atoms with van der Waals surface area (Å²) in [4.78, 5) is 0.442. The number of benzene rings is 2. The number of rotatable bonds is 4. The molecule has 6 nitrogen and oxygen atoms in total. The molecule has 0 saturated carbocycles. The molecule has 0 aromatic heterocycles. The summed E-state index contributed by atoms with van der Waals surface area (Å²) in [7, 11) is -7.33. The minimum atomic E-state index is -3.67. The Morgan fingerprint density at radius 2 is 0.962 bits per heavy atom. The van der Waals surface area contributed by atoms with Crippen molar-refractivity contribution in [1.29, 1.82) is 0 Å². The van der Waals surface area contributed by atoms with E-state index in [0.29, 0.717) is 0 Å². The van der Waals surface area contributed by atoms with Gasteiger partial charge in [-0.25, -0.2) is 16.8 Å². The second-order valence-electron chi connectivity index (χ2n) is 6.47. The number of sulfonamides is 2. The van der Waals surface area contributed by atoms with E-state index < -0.39 is 32.1 Å². The molecule has 0 spiro atoms.